The first-order valence-electron chi connectivity index (χ1n) is 7.47. The van der Waals surface area contributed by atoms with Crippen molar-refractivity contribution in [3.05, 3.63) is 59.7 Å². The molecule has 1 aliphatic heterocycles. The summed E-state index contributed by atoms with van der Waals surface area (Å²) in [5, 5.41) is 6.17. The van der Waals surface area contributed by atoms with E-state index in [9.17, 15) is 4.79 Å². The fourth-order valence-electron chi connectivity index (χ4n) is 2.52. The average molecular weight is 312 g/mol. The van der Waals surface area contributed by atoms with Crippen LogP contribution in [0.5, 0.6) is 0 Å². The van der Waals surface area contributed by atoms with Gasteiger partial charge in [-0.15, -0.1) is 11.8 Å². The van der Waals surface area contributed by atoms with Crippen LogP contribution in [0, 0.1) is 6.92 Å². The van der Waals surface area contributed by atoms with Crippen molar-refractivity contribution >= 4 is 17.7 Å². The van der Waals surface area contributed by atoms with Gasteiger partial charge in [0.05, 0.1) is 6.04 Å². The van der Waals surface area contributed by atoms with E-state index in [1.807, 2.05) is 0 Å². The number of carbonyl (C=O) groups excluding carboxylic acids is 1. The van der Waals surface area contributed by atoms with Crippen LogP contribution in [0.2, 0.25) is 0 Å². The Kier molecular flexibility index (Phi) is 4.80. The van der Waals surface area contributed by atoms with E-state index in [1.54, 1.807) is 11.8 Å². The van der Waals surface area contributed by atoms with Crippen LogP contribution in [-0.2, 0) is 11.3 Å². The molecule has 2 aromatic rings. The van der Waals surface area contributed by atoms with Crippen molar-refractivity contribution in [2.75, 3.05) is 11.6 Å². The lowest BCUT2D eigenvalue weighted by Gasteiger charge is -2.11. The van der Waals surface area contributed by atoms with Crippen LogP contribution in [0.15, 0.2) is 48.5 Å². The first-order chi connectivity index (χ1) is 10.7. The summed E-state index contributed by atoms with van der Waals surface area (Å²) in [6, 6.07) is 16.8. The van der Waals surface area contributed by atoms with Crippen LogP contribution in [0.25, 0.3) is 11.1 Å². The van der Waals surface area contributed by atoms with Crippen LogP contribution in [0.3, 0.4) is 0 Å². The SMILES string of the molecule is Cc1cccc(-c2ccc(CNC(=O)C3CSCN3)cc2)c1. The monoisotopic (exact) mass is 312 g/mol. The molecule has 1 amide bonds. The summed E-state index contributed by atoms with van der Waals surface area (Å²) in [7, 11) is 0. The van der Waals surface area contributed by atoms with Crippen molar-refractivity contribution in [1.82, 2.24) is 10.6 Å². The second-order valence-corrected chi connectivity index (χ2v) is 6.59. The van der Waals surface area contributed by atoms with Crippen LogP contribution < -0.4 is 10.6 Å². The predicted molar refractivity (Wildman–Crippen MR) is 92.7 cm³/mol. The summed E-state index contributed by atoms with van der Waals surface area (Å²) >= 11 is 1.76. The molecule has 1 unspecified atom stereocenters. The Balaban J connectivity index is 1.60. The maximum atomic E-state index is 12.0. The number of hydrogen-bond acceptors (Lipinski definition) is 3. The van der Waals surface area contributed by atoms with Gasteiger partial charge in [0.15, 0.2) is 0 Å². The third kappa shape index (κ3) is 3.70. The molecule has 1 fully saturated rings. The normalized spacial score (nSPS) is 17.4. The van der Waals surface area contributed by atoms with Crippen molar-refractivity contribution in [1.29, 1.82) is 0 Å². The first-order valence-corrected chi connectivity index (χ1v) is 8.63. The second-order valence-electron chi connectivity index (χ2n) is 5.56. The van der Waals surface area contributed by atoms with Gasteiger partial charge in [0.25, 0.3) is 0 Å². The molecule has 3 nitrogen and oxygen atoms in total. The van der Waals surface area contributed by atoms with Crippen molar-refractivity contribution < 1.29 is 4.79 Å². The van der Waals surface area contributed by atoms with E-state index < -0.39 is 0 Å². The molecule has 0 saturated carbocycles. The van der Waals surface area contributed by atoms with Gasteiger partial charge >= 0.3 is 0 Å². The van der Waals surface area contributed by atoms with Gasteiger partial charge in [-0.25, -0.2) is 0 Å². The molecule has 1 atom stereocenters. The van der Waals surface area contributed by atoms with Crippen molar-refractivity contribution in [2.24, 2.45) is 0 Å². The number of rotatable bonds is 4. The predicted octanol–water partition coefficient (Wildman–Crippen LogP) is 2.94. The summed E-state index contributed by atoms with van der Waals surface area (Å²) in [5.41, 5.74) is 4.81. The van der Waals surface area contributed by atoms with Gasteiger partial charge in [0.2, 0.25) is 5.91 Å². The Morgan fingerprint density at radius 3 is 2.73 bits per heavy atom. The zero-order valence-electron chi connectivity index (χ0n) is 12.6. The molecule has 0 radical (unpaired) electrons. The van der Waals surface area contributed by atoms with Crippen molar-refractivity contribution in [2.45, 2.75) is 19.5 Å². The van der Waals surface area contributed by atoms with Gasteiger partial charge in [-0.05, 0) is 23.6 Å². The summed E-state index contributed by atoms with van der Waals surface area (Å²) in [5.74, 6) is 1.81. The van der Waals surface area contributed by atoms with E-state index in [0.29, 0.717) is 6.54 Å². The third-order valence-electron chi connectivity index (χ3n) is 3.80. The van der Waals surface area contributed by atoms with Crippen molar-refractivity contribution in [3.63, 3.8) is 0 Å². The fraction of sp³-hybridized carbons (Fsp3) is 0.278. The molecule has 114 valence electrons. The van der Waals surface area contributed by atoms with Gasteiger partial charge in [0.1, 0.15) is 0 Å². The number of carbonyl (C=O) groups is 1. The first kappa shape index (κ1) is 15.1. The molecule has 0 aromatic heterocycles. The molecular formula is C18H20N2OS. The molecule has 1 aliphatic rings. The topological polar surface area (TPSA) is 41.1 Å². The number of thioether (sulfide) groups is 1. The summed E-state index contributed by atoms with van der Waals surface area (Å²) in [6.45, 7) is 2.68. The molecule has 0 bridgehead atoms. The number of amides is 1. The van der Waals surface area contributed by atoms with Crippen LogP contribution in [0.1, 0.15) is 11.1 Å². The Morgan fingerprint density at radius 2 is 2.05 bits per heavy atom. The standard InChI is InChI=1S/C18H20N2OS/c1-13-3-2-4-16(9-13)15-7-5-14(6-8-15)10-19-18(21)17-11-22-12-20-17/h2-9,17,20H,10-12H2,1H3,(H,19,21). The van der Waals surface area contributed by atoms with E-state index >= 15 is 0 Å². The maximum Gasteiger partial charge on any atom is 0.238 e. The maximum absolute atomic E-state index is 12.0. The summed E-state index contributed by atoms with van der Waals surface area (Å²) in [4.78, 5) is 12.0. The van der Waals surface area contributed by atoms with Gasteiger partial charge in [-0.1, -0.05) is 54.1 Å². The Morgan fingerprint density at radius 1 is 1.23 bits per heavy atom. The van der Waals surface area contributed by atoms with Crippen molar-refractivity contribution in [3.8, 4) is 11.1 Å². The molecule has 2 aromatic carbocycles. The number of aryl methyl sites for hydroxylation is 1. The van der Waals surface area contributed by atoms with E-state index in [4.69, 9.17) is 0 Å². The van der Waals surface area contributed by atoms with Gasteiger partial charge in [-0.2, -0.15) is 0 Å². The largest absolute Gasteiger partial charge is 0.351 e. The lowest BCUT2D eigenvalue weighted by molar-refractivity contribution is -0.122. The number of hydrogen-bond donors (Lipinski definition) is 2. The highest BCUT2D eigenvalue weighted by molar-refractivity contribution is 7.99. The molecule has 0 aliphatic carbocycles. The second kappa shape index (κ2) is 6.99. The van der Waals surface area contributed by atoms with E-state index in [2.05, 4.69) is 66.1 Å². The van der Waals surface area contributed by atoms with Crippen LogP contribution in [-0.4, -0.2) is 23.6 Å². The van der Waals surface area contributed by atoms with E-state index in [0.717, 1.165) is 17.2 Å². The molecule has 4 heteroatoms. The lowest BCUT2D eigenvalue weighted by atomic mass is 10.0. The van der Waals surface area contributed by atoms with Gasteiger partial charge < -0.3 is 5.32 Å². The zero-order valence-corrected chi connectivity index (χ0v) is 13.5. The van der Waals surface area contributed by atoms with E-state index in [-0.39, 0.29) is 11.9 Å². The molecule has 1 heterocycles. The zero-order chi connectivity index (χ0) is 15.4. The highest BCUT2D eigenvalue weighted by Gasteiger charge is 2.21. The van der Waals surface area contributed by atoms with Gasteiger partial charge in [0, 0.05) is 18.2 Å². The minimum atomic E-state index is -0.0448. The Hall–Kier alpha value is -1.78. The quantitative estimate of drug-likeness (QED) is 0.912. The Labute approximate surface area is 135 Å². The smallest absolute Gasteiger partial charge is 0.238 e. The minimum absolute atomic E-state index is 0.0448. The summed E-state index contributed by atoms with van der Waals surface area (Å²) in [6.07, 6.45) is 0. The summed E-state index contributed by atoms with van der Waals surface area (Å²) < 4.78 is 0. The fourth-order valence-corrected chi connectivity index (χ4v) is 3.46. The highest BCUT2D eigenvalue weighted by Crippen LogP contribution is 2.20. The third-order valence-corrected chi connectivity index (χ3v) is 4.74. The minimum Gasteiger partial charge on any atom is -0.351 e. The average Bonchev–Trinajstić information content (AvgIpc) is 3.08. The molecular weight excluding hydrogens is 292 g/mol. The van der Waals surface area contributed by atoms with Crippen LogP contribution in [0.4, 0.5) is 0 Å². The number of benzene rings is 2. The van der Waals surface area contributed by atoms with Gasteiger partial charge in [-0.3, -0.25) is 10.1 Å². The number of nitrogens with one attached hydrogen (secondary N) is 2. The molecule has 3 rings (SSSR count). The lowest BCUT2D eigenvalue weighted by Crippen LogP contribution is -2.41. The molecule has 22 heavy (non-hydrogen) atoms. The molecule has 1 saturated heterocycles. The Bertz CT molecular complexity index is 648. The molecule has 0 spiro atoms. The van der Waals surface area contributed by atoms with E-state index in [1.165, 1.54) is 16.7 Å². The van der Waals surface area contributed by atoms with Crippen LogP contribution >= 0.6 is 11.8 Å². The highest BCUT2D eigenvalue weighted by atomic mass is 32.2. The molecule has 2 N–H and O–H groups in total.